The second-order valence-electron chi connectivity index (χ2n) is 6.24. The molecule has 0 fully saturated rings. The Labute approximate surface area is 157 Å². The van der Waals surface area contributed by atoms with Gasteiger partial charge in [0.2, 0.25) is 0 Å². The normalized spacial score (nSPS) is 12.0. The minimum atomic E-state index is -0.669. The lowest BCUT2D eigenvalue weighted by Gasteiger charge is -2.21. The van der Waals surface area contributed by atoms with Crippen LogP contribution in [0.25, 0.3) is 10.9 Å². The minimum absolute atomic E-state index is 0.248. The fourth-order valence-corrected chi connectivity index (χ4v) is 2.98. The molecule has 27 heavy (non-hydrogen) atoms. The second-order valence-corrected chi connectivity index (χ2v) is 6.24. The highest BCUT2D eigenvalue weighted by molar-refractivity contribution is 5.90. The Hall–Kier alpha value is -3.15. The van der Waals surface area contributed by atoms with Crippen LogP contribution >= 0.6 is 0 Å². The van der Waals surface area contributed by atoms with Crippen LogP contribution in [-0.4, -0.2) is 29.0 Å². The van der Waals surface area contributed by atoms with Gasteiger partial charge in [-0.3, -0.25) is 4.79 Å². The molecule has 0 amide bonds. The van der Waals surface area contributed by atoms with Crippen molar-refractivity contribution in [3.8, 4) is 0 Å². The summed E-state index contributed by atoms with van der Waals surface area (Å²) in [6, 6.07) is 14.4. The highest BCUT2D eigenvalue weighted by Gasteiger charge is 2.17. The van der Waals surface area contributed by atoms with Gasteiger partial charge in [-0.2, -0.15) is 0 Å². The van der Waals surface area contributed by atoms with Gasteiger partial charge in [0.15, 0.2) is 11.9 Å². The molecule has 0 saturated carbocycles. The van der Waals surface area contributed by atoms with Crippen LogP contribution in [0.3, 0.4) is 0 Å². The Balaban J connectivity index is 1.77. The Morgan fingerprint density at radius 1 is 1.11 bits per heavy atom. The average molecular weight is 365 g/mol. The molecule has 3 rings (SSSR count). The molecular weight excluding hydrogens is 342 g/mol. The summed E-state index contributed by atoms with van der Waals surface area (Å²) in [4.78, 5) is 33.9. The molecule has 1 unspecified atom stereocenters. The third kappa shape index (κ3) is 4.00. The predicted octanol–water partition coefficient (Wildman–Crippen LogP) is 3.69. The SMILES string of the molecule is CCN(CC)c1ccc(C(=O)OC(C)c2nc3ccccc3c(=O)[nH]2)cc1. The zero-order chi connectivity index (χ0) is 19.4. The van der Waals surface area contributed by atoms with E-state index in [1.807, 2.05) is 18.2 Å². The van der Waals surface area contributed by atoms with Gasteiger partial charge in [-0.1, -0.05) is 12.1 Å². The number of carbonyl (C=O) groups is 1. The van der Waals surface area contributed by atoms with Gasteiger partial charge in [0, 0.05) is 18.8 Å². The number of fused-ring (bicyclic) bond motifs is 1. The second kappa shape index (κ2) is 8.03. The highest BCUT2D eigenvalue weighted by Crippen LogP contribution is 2.19. The van der Waals surface area contributed by atoms with Crippen LogP contribution in [0.2, 0.25) is 0 Å². The van der Waals surface area contributed by atoms with Crippen LogP contribution in [0.4, 0.5) is 5.69 Å². The van der Waals surface area contributed by atoms with Crippen molar-refractivity contribution in [2.45, 2.75) is 26.9 Å². The molecule has 2 aromatic carbocycles. The zero-order valence-corrected chi connectivity index (χ0v) is 15.7. The smallest absolute Gasteiger partial charge is 0.338 e. The number of rotatable bonds is 6. The molecule has 0 saturated heterocycles. The first-order chi connectivity index (χ1) is 13.0. The van der Waals surface area contributed by atoms with E-state index < -0.39 is 12.1 Å². The van der Waals surface area contributed by atoms with Crippen LogP contribution < -0.4 is 10.5 Å². The minimum Gasteiger partial charge on any atom is -0.451 e. The number of nitrogens with zero attached hydrogens (tertiary/aromatic N) is 2. The fraction of sp³-hybridized carbons (Fsp3) is 0.286. The van der Waals surface area contributed by atoms with Gasteiger partial charge in [0.25, 0.3) is 5.56 Å². The van der Waals surface area contributed by atoms with E-state index in [1.165, 1.54) is 0 Å². The van der Waals surface area contributed by atoms with E-state index in [-0.39, 0.29) is 5.56 Å². The van der Waals surface area contributed by atoms with Crippen molar-refractivity contribution < 1.29 is 9.53 Å². The monoisotopic (exact) mass is 365 g/mol. The molecule has 1 atom stereocenters. The third-order valence-corrected chi connectivity index (χ3v) is 4.53. The summed E-state index contributed by atoms with van der Waals surface area (Å²) < 4.78 is 5.49. The number of aromatic amines is 1. The largest absolute Gasteiger partial charge is 0.451 e. The summed E-state index contributed by atoms with van der Waals surface area (Å²) >= 11 is 0. The van der Waals surface area contributed by atoms with E-state index in [1.54, 1.807) is 37.3 Å². The molecule has 0 aliphatic rings. The molecule has 1 N–H and O–H groups in total. The van der Waals surface area contributed by atoms with Gasteiger partial charge in [0.05, 0.1) is 16.5 Å². The first kappa shape index (κ1) is 18.6. The van der Waals surface area contributed by atoms with Crippen LogP contribution in [0, 0.1) is 0 Å². The lowest BCUT2D eigenvalue weighted by atomic mass is 10.2. The van der Waals surface area contributed by atoms with E-state index >= 15 is 0 Å². The van der Waals surface area contributed by atoms with Crippen molar-refractivity contribution in [3.63, 3.8) is 0 Å². The summed E-state index contributed by atoms with van der Waals surface area (Å²) in [6.07, 6.45) is -0.669. The van der Waals surface area contributed by atoms with Crippen molar-refractivity contribution in [1.29, 1.82) is 0 Å². The summed E-state index contributed by atoms with van der Waals surface area (Å²) in [6.45, 7) is 7.67. The molecule has 1 aromatic heterocycles. The van der Waals surface area contributed by atoms with Crippen LogP contribution in [0.5, 0.6) is 0 Å². The summed E-state index contributed by atoms with van der Waals surface area (Å²) in [7, 11) is 0. The van der Waals surface area contributed by atoms with Crippen LogP contribution in [0.15, 0.2) is 53.3 Å². The number of benzene rings is 2. The number of nitrogens with one attached hydrogen (secondary N) is 1. The molecule has 140 valence electrons. The maximum Gasteiger partial charge on any atom is 0.338 e. The number of hydrogen-bond donors (Lipinski definition) is 1. The average Bonchev–Trinajstić information content (AvgIpc) is 2.69. The summed E-state index contributed by atoms with van der Waals surface area (Å²) in [5, 5.41) is 0.506. The standard InChI is InChI=1S/C21H23N3O3/c1-4-24(5-2)16-12-10-15(11-13-16)21(26)27-14(3)19-22-18-9-7-6-8-17(18)20(25)23-19/h6-14H,4-5H2,1-3H3,(H,22,23,25). The van der Waals surface area contributed by atoms with Crippen molar-refractivity contribution in [1.82, 2.24) is 9.97 Å². The van der Waals surface area contributed by atoms with E-state index in [0.29, 0.717) is 22.3 Å². The number of para-hydroxylation sites is 1. The fourth-order valence-electron chi connectivity index (χ4n) is 2.98. The number of esters is 1. The van der Waals surface area contributed by atoms with Gasteiger partial charge >= 0.3 is 5.97 Å². The molecule has 0 spiro atoms. The number of ether oxygens (including phenoxy) is 1. The molecular formula is C21H23N3O3. The Morgan fingerprint density at radius 3 is 2.44 bits per heavy atom. The first-order valence-corrected chi connectivity index (χ1v) is 9.08. The number of anilines is 1. The van der Waals surface area contributed by atoms with E-state index in [2.05, 4.69) is 28.7 Å². The highest BCUT2D eigenvalue weighted by atomic mass is 16.5. The molecule has 0 bridgehead atoms. The Bertz CT molecular complexity index is 991. The molecule has 0 aliphatic carbocycles. The maximum atomic E-state index is 12.4. The number of carbonyl (C=O) groups excluding carboxylic acids is 1. The van der Waals surface area contributed by atoms with Gasteiger partial charge in [-0.05, 0) is 57.2 Å². The van der Waals surface area contributed by atoms with Crippen molar-refractivity contribution in [2.24, 2.45) is 0 Å². The van der Waals surface area contributed by atoms with E-state index in [9.17, 15) is 9.59 Å². The van der Waals surface area contributed by atoms with E-state index in [4.69, 9.17) is 4.74 Å². The Morgan fingerprint density at radius 2 is 1.78 bits per heavy atom. The predicted molar refractivity (Wildman–Crippen MR) is 106 cm³/mol. The number of aromatic nitrogens is 2. The lowest BCUT2D eigenvalue weighted by molar-refractivity contribution is 0.0320. The van der Waals surface area contributed by atoms with Crippen LogP contribution in [0.1, 0.15) is 43.1 Å². The van der Waals surface area contributed by atoms with Gasteiger partial charge in [-0.15, -0.1) is 0 Å². The first-order valence-electron chi connectivity index (χ1n) is 9.08. The molecule has 6 nitrogen and oxygen atoms in total. The van der Waals surface area contributed by atoms with Gasteiger partial charge in [0.1, 0.15) is 0 Å². The number of H-pyrrole nitrogens is 1. The van der Waals surface area contributed by atoms with E-state index in [0.717, 1.165) is 18.8 Å². The topological polar surface area (TPSA) is 75.3 Å². The third-order valence-electron chi connectivity index (χ3n) is 4.53. The summed E-state index contributed by atoms with van der Waals surface area (Å²) in [5.74, 6) is -0.129. The Kier molecular flexibility index (Phi) is 5.54. The summed E-state index contributed by atoms with van der Waals surface area (Å²) in [5.41, 5.74) is 1.84. The molecule has 0 radical (unpaired) electrons. The van der Waals surface area contributed by atoms with Crippen molar-refractivity contribution >= 4 is 22.6 Å². The maximum absolute atomic E-state index is 12.4. The van der Waals surface area contributed by atoms with Gasteiger partial charge < -0.3 is 14.6 Å². The molecule has 1 heterocycles. The van der Waals surface area contributed by atoms with Crippen molar-refractivity contribution in [2.75, 3.05) is 18.0 Å². The quantitative estimate of drug-likeness (QED) is 0.674. The van der Waals surface area contributed by atoms with Crippen molar-refractivity contribution in [3.05, 3.63) is 70.3 Å². The van der Waals surface area contributed by atoms with Gasteiger partial charge in [-0.25, -0.2) is 9.78 Å². The number of hydrogen-bond acceptors (Lipinski definition) is 5. The van der Waals surface area contributed by atoms with Crippen LogP contribution in [-0.2, 0) is 4.74 Å². The molecule has 0 aliphatic heterocycles. The molecule has 3 aromatic rings. The zero-order valence-electron chi connectivity index (χ0n) is 15.7. The lowest BCUT2D eigenvalue weighted by Crippen LogP contribution is -2.21. The molecule has 6 heteroatoms.